The highest BCUT2D eigenvalue weighted by Crippen LogP contribution is 2.28. The average molecular weight is 410 g/mol. The number of likely N-dealkylation sites (tertiary alicyclic amines) is 1. The number of hydrogen-bond donors (Lipinski definition) is 0. The van der Waals surface area contributed by atoms with Crippen LogP contribution in [0.15, 0.2) is 47.2 Å². The van der Waals surface area contributed by atoms with Gasteiger partial charge in [0.05, 0.1) is 36.4 Å². The van der Waals surface area contributed by atoms with Crippen molar-refractivity contribution in [3.8, 4) is 5.69 Å². The third-order valence-electron chi connectivity index (χ3n) is 5.19. The summed E-state index contributed by atoms with van der Waals surface area (Å²) in [5, 5.41) is 13.4. The Hall–Kier alpha value is -3.53. The van der Waals surface area contributed by atoms with E-state index in [2.05, 4.69) is 15.4 Å². The summed E-state index contributed by atoms with van der Waals surface area (Å²) in [6.45, 7) is 1.13. The number of rotatable bonds is 5. The standard InChI is InChI=1S/C20H22N6O4/c1-24(29-2)20(28)18-12-16(23-30-18)14-6-5-11-25(13-14)19(27)15-7-3-4-8-17(15)26-21-9-10-22-26/h3-4,7-10,12,14H,5-6,11,13H2,1-2H3/t14-/m1/s1. The van der Waals surface area contributed by atoms with Crippen molar-refractivity contribution in [2.75, 3.05) is 27.2 Å². The zero-order valence-electron chi connectivity index (χ0n) is 16.8. The summed E-state index contributed by atoms with van der Waals surface area (Å²) in [5.74, 6) is -0.420. The van der Waals surface area contributed by atoms with Crippen LogP contribution in [-0.4, -0.2) is 69.2 Å². The van der Waals surface area contributed by atoms with E-state index in [4.69, 9.17) is 9.36 Å². The lowest BCUT2D eigenvalue weighted by atomic mass is 9.94. The lowest BCUT2D eigenvalue weighted by Crippen LogP contribution is -2.39. The number of aromatic nitrogens is 4. The second-order valence-electron chi connectivity index (χ2n) is 7.03. The van der Waals surface area contributed by atoms with Gasteiger partial charge in [0.1, 0.15) is 0 Å². The molecule has 1 atom stereocenters. The number of nitrogens with zero attached hydrogens (tertiary/aromatic N) is 6. The van der Waals surface area contributed by atoms with E-state index in [1.54, 1.807) is 29.4 Å². The fourth-order valence-electron chi connectivity index (χ4n) is 3.56. The third-order valence-corrected chi connectivity index (χ3v) is 5.19. The molecule has 30 heavy (non-hydrogen) atoms. The minimum atomic E-state index is -0.416. The van der Waals surface area contributed by atoms with E-state index >= 15 is 0 Å². The van der Waals surface area contributed by atoms with Crippen LogP contribution < -0.4 is 0 Å². The molecule has 0 N–H and O–H groups in total. The van der Waals surface area contributed by atoms with Crippen molar-refractivity contribution in [2.24, 2.45) is 0 Å². The van der Waals surface area contributed by atoms with Crippen LogP contribution in [0.2, 0.25) is 0 Å². The molecule has 0 radical (unpaired) electrons. The number of amides is 2. The molecule has 1 aliphatic heterocycles. The minimum absolute atomic E-state index is 0.0177. The number of piperidine rings is 1. The van der Waals surface area contributed by atoms with Gasteiger partial charge in [0.25, 0.3) is 5.91 Å². The predicted octanol–water partition coefficient (Wildman–Crippen LogP) is 1.91. The molecule has 0 unspecified atom stereocenters. The lowest BCUT2D eigenvalue weighted by molar-refractivity contribution is -0.0776. The van der Waals surface area contributed by atoms with Gasteiger partial charge in [0.15, 0.2) is 0 Å². The third kappa shape index (κ3) is 3.81. The fraction of sp³-hybridized carbons (Fsp3) is 0.350. The molecule has 0 spiro atoms. The topological polar surface area (TPSA) is 107 Å². The number of hydrogen-bond acceptors (Lipinski definition) is 7. The van der Waals surface area contributed by atoms with Crippen LogP contribution in [0.4, 0.5) is 0 Å². The van der Waals surface area contributed by atoms with Gasteiger partial charge >= 0.3 is 5.91 Å². The average Bonchev–Trinajstić information content (AvgIpc) is 3.50. The molecule has 156 valence electrons. The second kappa shape index (κ2) is 8.46. The van der Waals surface area contributed by atoms with Gasteiger partial charge in [-0.05, 0) is 25.0 Å². The highest BCUT2D eigenvalue weighted by Gasteiger charge is 2.30. The van der Waals surface area contributed by atoms with Gasteiger partial charge in [-0.15, -0.1) is 0 Å². The van der Waals surface area contributed by atoms with Gasteiger partial charge in [-0.25, -0.2) is 5.06 Å². The van der Waals surface area contributed by atoms with Crippen LogP contribution in [0.5, 0.6) is 0 Å². The van der Waals surface area contributed by atoms with Crippen LogP contribution >= 0.6 is 0 Å². The van der Waals surface area contributed by atoms with Gasteiger partial charge < -0.3 is 9.42 Å². The molecule has 3 heterocycles. The Bertz CT molecular complexity index is 1030. The van der Waals surface area contributed by atoms with Crippen molar-refractivity contribution >= 4 is 11.8 Å². The molecule has 1 saturated heterocycles. The van der Waals surface area contributed by atoms with E-state index in [1.165, 1.54) is 19.0 Å². The van der Waals surface area contributed by atoms with Gasteiger partial charge in [-0.3, -0.25) is 14.4 Å². The number of para-hydroxylation sites is 1. The first-order chi connectivity index (χ1) is 14.6. The zero-order valence-corrected chi connectivity index (χ0v) is 16.8. The van der Waals surface area contributed by atoms with Crippen LogP contribution in [0.25, 0.3) is 5.69 Å². The van der Waals surface area contributed by atoms with Crippen LogP contribution in [0.3, 0.4) is 0 Å². The summed E-state index contributed by atoms with van der Waals surface area (Å²) in [7, 11) is 2.90. The monoisotopic (exact) mass is 410 g/mol. The summed E-state index contributed by atoms with van der Waals surface area (Å²) < 4.78 is 5.21. The molecule has 2 aromatic heterocycles. The molecule has 1 aliphatic rings. The maximum Gasteiger partial charge on any atom is 0.315 e. The minimum Gasteiger partial charge on any atom is -0.351 e. The molecule has 1 fully saturated rings. The SMILES string of the molecule is CON(C)C(=O)c1cc([C@@H]2CCCN(C(=O)c3ccccc3-n3nccn3)C2)no1. The van der Waals surface area contributed by atoms with E-state index in [9.17, 15) is 9.59 Å². The molecule has 0 aliphatic carbocycles. The Balaban J connectivity index is 1.52. The molecule has 10 heteroatoms. The highest BCUT2D eigenvalue weighted by atomic mass is 16.7. The molecule has 0 saturated carbocycles. The van der Waals surface area contributed by atoms with Crippen molar-refractivity contribution in [1.29, 1.82) is 0 Å². The van der Waals surface area contributed by atoms with E-state index in [0.29, 0.717) is 30.0 Å². The summed E-state index contributed by atoms with van der Waals surface area (Å²) in [6, 6.07) is 8.88. The van der Waals surface area contributed by atoms with E-state index in [0.717, 1.165) is 17.9 Å². The summed E-state index contributed by atoms with van der Waals surface area (Å²) >= 11 is 0. The summed E-state index contributed by atoms with van der Waals surface area (Å²) in [5.41, 5.74) is 1.82. The van der Waals surface area contributed by atoms with Crippen LogP contribution in [-0.2, 0) is 4.84 Å². The van der Waals surface area contributed by atoms with E-state index < -0.39 is 5.91 Å². The first-order valence-electron chi connectivity index (χ1n) is 9.62. The number of hydroxylamine groups is 2. The first-order valence-corrected chi connectivity index (χ1v) is 9.62. The molecular formula is C20H22N6O4. The van der Waals surface area contributed by atoms with E-state index in [1.807, 2.05) is 18.2 Å². The lowest BCUT2D eigenvalue weighted by Gasteiger charge is -2.32. The van der Waals surface area contributed by atoms with Crippen molar-refractivity contribution in [1.82, 2.24) is 30.1 Å². The Morgan fingerprint density at radius 1 is 1.23 bits per heavy atom. The maximum atomic E-state index is 13.3. The summed E-state index contributed by atoms with van der Waals surface area (Å²) in [4.78, 5) is 33.6. The Labute approximate surface area is 172 Å². The van der Waals surface area contributed by atoms with Gasteiger partial charge in [0.2, 0.25) is 5.76 Å². The Morgan fingerprint density at radius 2 is 2.00 bits per heavy atom. The largest absolute Gasteiger partial charge is 0.351 e. The molecule has 0 bridgehead atoms. The molecule has 10 nitrogen and oxygen atoms in total. The van der Waals surface area contributed by atoms with Crippen molar-refractivity contribution in [3.05, 3.63) is 59.7 Å². The molecule has 4 rings (SSSR count). The zero-order chi connectivity index (χ0) is 21.1. The molecule has 3 aromatic rings. The highest BCUT2D eigenvalue weighted by molar-refractivity contribution is 5.97. The van der Waals surface area contributed by atoms with Crippen LogP contribution in [0, 0.1) is 0 Å². The van der Waals surface area contributed by atoms with E-state index in [-0.39, 0.29) is 17.6 Å². The number of benzene rings is 1. The normalized spacial score (nSPS) is 16.5. The van der Waals surface area contributed by atoms with Crippen LogP contribution in [0.1, 0.15) is 45.4 Å². The number of carbonyl (C=O) groups is 2. The van der Waals surface area contributed by atoms with Gasteiger partial charge in [0, 0.05) is 32.1 Å². The Kier molecular flexibility index (Phi) is 5.57. The maximum absolute atomic E-state index is 13.3. The first kappa shape index (κ1) is 19.8. The van der Waals surface area contributed by atoms with Crippen molar-refractivity contribution < 1.29 is 18.9 Å². The second-order valence-corrected chi connectivity index (χ2v) is 7.03. The van der Waals surface area contributed by atoms with Gasteiger partial charge in [-0.1, -0.05) is 17.3 Å². The molecule has 1 aromatic carbocycles. The number of carbonyl (C=O) groups excluding carboxylic acids is 2. The fourth-order valence-corrected chi connectivity index (χ4v) is 3.56. The summed E-state index contributed by atoms with van der Waals surface area (Å²) in [6.07, 6.45) is 4.82. The smallest absolute Gasteiger partial charge is 0.315 e. The molecular weight excluding hydrogens is 388 g/mol. The van der Waals surface area contributed by atoms with Crippen molar-refractivity contribution in [3.63, 3.8) is 0 Å². The predicted molar refractivity (Wildman–Crippen MR) is 105 cm³/mol. The van der Waals surface area contributed by atoms with Gasteiger partial charge in [-0.2, -0.15) is 15.0 Å². The Morgan fingerprint density at radius 3 is 2.77 bits per heavy atom. The molecule has 2 amide bonds. The quantitative estimate of drug-likeness (QED) is 0.592. The van der Waals surface area contributed by atoms with Crippen molar-refractivity contribution in [2.45, 2.75) is 18.8 Å².